The lowest BCUT2D eigenvalue weighted by Gasteiger charge is -2.43. The Morgan fingerprint density at radius 1 is 1.42 bits per heavy atom. The number of likely N-dealkylation sites (N-methyl/N-ethyl adjacent to an activating group) is 1. The van der Waals surface area contributed by atoms with E-state index in [0.29, 0.717) is 11.5 Å². The van der Waals surface area contributed by atoms with E-state index in [4.69, 9.17) is 0 Å². The third kappa shape index (κ3) is 3.79. The van der Waals surface area contributed by atoms with E-state index in [1.165, 1.54) is 31.2 Å². The van der Waals surface area contributed by atoms with Crippen LogP contribution in [0.15, 0.2) is 24.5 Å². The van der Waals surface area contributed by atoms with Gasteiger partial charge in [-0.1, -0.05) is 39.7 Å². The zero-order valence-electron chi connectivity index (χ0n) is 12.7. The van der Waals surface area contributed by atoms with Crippen molar-refractivity contribution in [3.63, 3.8) is 0 Å². The first-order chi connectivity index (χ1) is 9.13. The Balaban J connectivity index is 2.10. The minimum atomic E-state index is 0.466. The van der Waals surface area contributed by atoms with Gasteiger partial charge in [0, 0.05) is 18.4 Å². The van der Waals surface area contributed by atoms with Gasteiger partial charge in [0.05, 0.1) is 0 Å². The molecule has 2 nitrogen and oxygen atoms in total. The summed E-state index contributed by atoms with van der Waals surface area (Å²) in [6.45, 7) is 8.17. The molecule has 2 rings (SSSR count). The summed E-state index contributed by atoms with van der Waals surface area (Å²) >= 11 is 0. The van der Waals surface area contributed by atoms with E-state index in [9.17, 15) is 0 Å². The van der Waals surface area contributed by atoms with E-state index in [1.807, 2.05) is 18.5 Å². The molecule has 1 heterocycles. The van der Waals surface area contributed by atoms with Crippen molar-refractivity contribution >= 4 is 0 Å². The summed E-state index contributed by atoms with van der Waals surface area (Å²) in [7, 11) is 0. The molecule has 1 aromatic rings. The molecule has 1 aliphatic carbocycles. The van der Waals surface area contributed by atoms with E-state index < -0.39 is 0 Å². The quantitative estimate of drug-likeness (QED) is 0.870. The monoisotopic (exact) mass is 260 g/mol. The predicted octanol–water partition coefficient (Wildman–Crippen LogP) is 3.82. The van der Waals surface area contributed by atoms with Gasteiger partial charge in [-0.2, -0.15) is 0 Å². The molecular weight excluding hydrogens is 232 g/mol. The molecule has 0 amide bonds. The maximum absolute atomic E-state index is 4.25. The van der Waals surface area contributed by atoms with Gasteiger partial charge in [0.25, 0.3) is 0 Å². The van der Waals surface area contributed by atoms with Crippen molar-refractivity contribution in [2.24, 2.45) is 11.3 Å². The number of hydrogen-bond acceptors (Lipinski definition) is 2. The van der Waals surface area contributed by atoms with Gasteiger partial charge in [-0.15, -0.1) is 0 Å². The Morgan fingerprint density at radius 2 is 2.26 bits per heavy atom. The average Bonchev–Trinajstić information content (AvgIpc) is 2.39. The van der Waals surface area contributed by atoms with Crippen molar-refractivity contribution < 1.29 is 0 Å². The van der Waals surface area contributed by atoms with Gasteiger partial charge in [-0.25, -0.2) is 0 Å². The third-order valence-corrected chi connectivity index (χ3v) is 4.72. The first-order valence-corrected chi connectivity index (χ1v) is 7.76. The molecule has 1 saturated carbocycles. The number of hydrogen-bond donors (Lipinski definition) is 1. The fourth-order valence-corrected chi connectivity index (χ4v) is 3.66. The van der Waals surface area contributed by atoms with E-state index >= 15 is 0 Å². The topological polar surface area (TPSA) is 24.9 Å². The lowest BCUT2D eigenvalue weighted by atomic mass is 9.65. The molecule has 19 heavy (non-hydrogen) atoms. The maximum Gasteiger partial charge on any atom is 0.0300 e. The summed E-state index contributed by atoms with van der Waals surface area (Å²) in [5, 5.41) is 3.73. The second-order valence-electron chi connectivity index (χ2n) is 6.57. The van der Waals surface area contributed by atoms with Gasteiger partial charge in [-0.05, 0) is 48.8 Å². The molecule has 0 spiro atoms. The number of pyridine rings is 1. The summed E-state index contributed by atoms with van der Waals surface area (Å²) in [6.07, 6.45) is 10.5. The van der Waals surface area contributed by atoms with Crippen molar-refractivity contribution in [2.45, 2.75) is 58.9 Å². The van der Waals surface area contributed by atoms with Crippen LogP contribution in [0.2, 0.25) is 0 Å². The molecule has 0 bridgehead atoms. The van der Waals surface area contributed by atoms with Crippen molar-refractivity contribution in [3.05, 3.63) is 30.1 Å². The minimum Gasteiger partial charge on any atom is -0.314 e. The van der Waals surface area contributed by atoms with Crippen LogP contribution in [0.25, 0.3) is 0 Å². The van der Waals surface area contributed by atoms with Crippen LogP contribution in [-0.2, 0) is 6.42 Å². The Kier molecular flexibility index (Phi) is 4.98. The SMILES string of the molecule is CCNC(Cc1cccnc1)C1CCCCC1(C)C. The molecular formula is C17H28N2. The van der Waals surface area contributed by atoms with Crippen LogP contribution in [0.3, 0.4) is 0 Å². The number of rotatable bonds is 5. The first-order valence-electron chi connectivity index (χ1n) is 7.76. The van der Waals surface area contributed by atoms with Crippen LogP contribution in [-0.4, -0.2) is 17.6 Å². The van der Waals surface area contributed by atoms with Gasteiger partial charge in [0.15, 0.2) is 0 Å². The lowest BCUT2D eigenvalue weighted by Crippen LogP contribution is -2.46. The predicted molar refractivity (Wildman–Crippen MR) is 81.1 cm³/mol. The minimum absolute atomic E-state index is 0.466. The van der Waals surface area contributed by atoms with Crippen LogP contribution in [0, 0.1) is 11.3 Å². The highest BCUT2D eigenvalue weighted by atomic mass is 14.9. The molecule has 0 radical (unpaired) electrons. The summed E-state index contributed by atoms with van der Waals surface area (Å²) in [6, 6.07) is 4.84. The second-order valence-corrected chi connectivity index (χ2v) is 6.57. The summed E-state index contributed by atoms with van der Waals surface area (Å²) in [4.78, 5) is 4.25. The Bertz CT molecular complexity index is 372. The Morgan fingerprint density at radius 3 is 2.89 bits per heavy atom. The second kappa shape index (κ2) is 6.51. The molecule has 0 saturated heterocycles. The highest BCUT2D eigenvalue weighted by Crippen LogP contribution is 2.42. The van der Waals surface area contributed by atoms with Crippen molar-refractivity contribution in [1.82, 2.24) is 10.3 Å². The van der Waals surface area contributed by atoms with Crippen LogP contribution in [0.4, 0.5) is 0 Å². The summed E-state index contributed by atoms with van der Waals surface area (Å²) < 4.78 is 0. The normalized spacial score (nSPS) is 24.1. The molecule has 2 unspecified atom stereocenters. The molecule has 1 N–H and O–H groups in total. The van der Waals surface area contributed by atoms with E-state index in [2.05, 4.69) is 37.1 Å². The van der Waals surface area contributed by atoms with E-state index in [0.717, 1.165) is 18.9 Å². The van der Waals surface area contributed by atoms with Gasteiger partial charge in [-0.3, -0.25) is 4.98 Å². The van der Waals surface area contributed by atoms with Crippen LogP contribution < -0.4 is 5.32 Å². The number of nitrogens with zero attached hydrogens (tertiary/aromatic N) is 1. The van der Waals surface area contributed by atoms with Crippen molar-refractivity contribution in [3.8, 4) is 0 Å². The van der Waals surface area contributed by atoms with Crippen LogP contribution in [0.1, 0.15) is 52.0 Å². The first kappa shape index (κ1) is 14.5. The van der Waals surface area contributed by atoms with E-state index in [1.54, 1.807) is 0 Å². The summed E-state index contributed by atoms with van der Waals surface area (Å²) in [5.41, 5.74) is 1.82. The van der Waals surface area contributed by atoms with Crippen molar-refractivity contribution in [1.29, 1.82) is 0 Å². The molecule has 106 valence electrons. The average molecular weight is 260 g/mol. The summed E-state index contributed by atoms with van der Waals surface area (Å²) in [5.74, 6) is 0.779. The molecule has 0 aromatic carbocycles. The van der Waals surface area contributed by atoms with Gasteiger partial charge < -0.3 is 5.32 Å². The smallest absolute Gasteiger partial charge is 0.0300 e. The number of aromatic nitrogens is 1. The van der Waals surface area contributed by atoms with Gasteiger partial charge >= 0.3 is 0 Å². The fourth-order valence-electron chi connectivity index (χ4n) is 3.66. The Hall–Kier alpha value is -0.890. The molecule has 0 aliphatic heterocycles. The van der Waals surface area contributed by atoms with Crippen molar-refractivity contribution in [2.75, 3.05) is 6.54 Å². The lowest BCUT2D eigenvalue weighted by molar-refractivity contribution is 0.0987. The van der Waals surface area contributed by atoms with Crippen LogP contribution in [0.5, 0.6) is 0 Å². The zero-order valence-corrected chi connectivity index (χ0v) is 12.7. The van der Waals surface area contributed by atoms with Crippen LogP contribution >= 0.6 is 0 Å². The molecule has 1 aliphatic rings. The Labute approximate surface area is 118 Å². The molecule has 1 fully saturated rings. The van der Waals surface area contributed by atoms with Gasteiger partial charge in [0.2, 0.25) is 0 Å². The largest absolute Gasteiger partial charge is 0.314 e. The third-order valence-electron chi connectivity index (χ3n) is 4.72. The standard InChI is InChI=1S/C17H28N2/c1-4-19-16(12-14-8-7-11-18-13-14)15-9-5-6-10-17(15,2)3/h7-8,11,13,15-16,19H,4-6,9-10,12H2,1-3H3. The highest BCUT2D eigenvalue weighted by Gasteiger charge is 2.37. The molecule has 1 aromatic heterocycles. The van der Waals surface area contributed by atoms with E-state index in [-0.39, 0.29) is 0 Å². The maximum atomic E-state index is 4.25. The number of nitrogens with one attached hydrogen (secondary N) is 1. The zero-order chi connectivity index (χ0) is 13.7. The fraction of sp³-hybridized carbons (Fsp3) is 0.706. The van der Waals surface area contributed by atoms with Gasteiger partial charge in [0.1, 0.15) is 0 Å². The highest BCUT2D eigenvalue weighted by molar-refractivity contribution is 5.11. The molecule has 2 atom stereocenters. The molecule has 2 heteroatoms.